The van der Waals surface area contributed by atoms with E-state index in [9.17, 15) is 75.7 Å². The highest BCUT2D eigenvalue weighted by Gasteiger charge is 2.54. The minimum Gasteiger partial charge on any atom is -0.549 e. The summed E-state index contributed by atoms with van der Waals surface area (Å²) in [6.45, 7) is -3.46. The van der Waals surface area contributed by atoms with Gasteiger partial charge < -0.3 is 88.0 Å². The van der Waals surface area contributed by atoms with Gasteiger partial charge >= 0.3 is 33.1 Å². The van der Waals surface area contributed by atoms with Crippen LogP contribution in [-0.4, -0.2) is 203 Å². The Hall–Kier alpha value is -1.66. The highest BCUT2D eigenvalue weighted by Crippen LogP contribution is 2.13. The summed E-state index contributed by atoms with van der Waals surface area (Å²) in [6, 6.07) is 0. The Bertz CT molecular complexity index is 687. The van der Waals surface area contributed by atoms with Gasteiger partial charge in [0.15, 0.2) is 18.3 Å². The Morgan fingerprint density at radius 3 is 0.800 bits per heavy atom. The van der Waals surface area contributed by atoms with Crippen molar-refractivity contribution >= 4 is 33.1 Å². The van der Waals surface area contributed by atoms with Crippen molar-refractivity contribution < 1.29 is 102 Å². The minimum absolute atomic E-state index is 1.15. The lowest BCUT2D eigenvalue weighted by atomic mass is 10.0. The fourth-order valence-corrected chi connectivity index (χ4v) is 3.68. The molecule has 0 aliphatic carbocycles. The van der Waals surface area contributed by atoms with Gasteiger partial charge in [-0.3, -0.25) is 14.4 Å². The first kappa shape index (κ1) is 38.3. The molecule has 21 nitrogen and oxygen atoms in total. The largest absolute Gasteiger partial charge is 1.20 e. The highest BCUT2D eigenvalue weighted by atomic mass is 27.3. The number of hydrogen-bond donors (Lipinski definition) is 15. The van der Waals surface area contributed by atoms with Gasteiger partial charge in [-0.05, 0) is 0 Å². The molecule has 234 valence electrons. The molecule has 0 heterocycles. The van der Waals surface area contributed by atoms with E-state index < -0.39 is 126 Å². The van der Waals surface area contributed by atoms with Crippen molar-refractivity contribution in [2.75, 3.05) is 19.8 Å². The van der Waals surface area contributed by atoms with E-state index >= 15 is 0 Å². The number of aliphatic hydroxyl groups is 15. The Morgan fingerprint density at radius 1 is 0.425 bits per heavy atom. The first-order chi connectivity index (χ1) is 18.5. The molecule has 0 fully saturated rings. The van der Waals surface area contributed by atoms with Crippen LogP contribution >= 0.6 is 0 Å². The van der Waals surface area contributed by atoms with Crippen LogP contribution in [0.4, 0.5) is 0 Å². The standard InChI is InChI=1S/3C6H12O7.Al/c3*7-1-2(8)3(9)4(10)5(11)6(12)13;/h3*2-5,7-11H,1H2,(H,12,13);/q;;;+3/p-3/t3*2-,3+,4+,5-;/m111./s1. The van der Waals surface area contributed by atoms with E-state index in [-0.39, 0.29) is 0 Å². The van der Waals surface area contributed by atoms with Crippen molar-refractivity contribution in [1.82, 2.24) is 0 Å². The van der Waals surface area contributed by atoms with Gasteiger partial charge in [0.25, 0.3) is 0 Å². The summed E-state index contributed by atoms with van der Waals surface area (Å²) in [5.41, 5.74) is 0. The van der Waals surface area contributed by atoms with Gasteiger partial charge in [-0.2, -0.15) is 0 Å². The lowest BCUT2D eigenvalue weighted by Crippen LogP contribution is -2.53. The molecule has 0 spiro atoms. The maximum atomic E-state index is 12.2. The van der Waals surface area contributed by atoms with Crippen LogP contribution in [0.25, 0.3) is 0 Å². The molecule has 0 aliphatic heterocycles. The topological polar surface area (TPSA) is 382 Å². The zero-order valence-corrected chi connectivity index (χ0v) is 21.4. The van der Waals surface area contributed by atoms with E-state index in [0.29, 0.717) is 0 Å². The van der Waals surface area contributed by atoms with Crippen LogP contribution in [0.5, 0.6) is 0 Å². The summed E-state index contributed by atoms with van der Waals surface area (Å²) in [5, 5.41) is 142. The van der Waals surface area contributed by atoms with Crippen molar-refractivity contribution in [3.05, 3.63) is 0 Å². The van der Waals surface area contributed by atoms with E-state index in [1.54, 1.807) is 0 Å². The fourth-order valence-electron chi connectivity index (χ4n) is 2.55. The van der Waals surface area contributed by atoms with Crippen LogP contribution in [0.15, 0.2) is 0 Å². The molecule has 0 aromatic rings. The zero-order chi connectivity index (χ0) is 31.5. The average molecular weight is 612 g/mol. The molecular formula is C18H33AlO21. The number of rotatable bonds is 18. The van der Waals surface area contributed by atoms with Crippen LogP contribution in [0, 0.1) is 0 Å². The average Bonchev–Trinajstić information content (AvgIpc) is 2.95. The molecular weight excluding hydrogens is 579 g/mol. The molecule has 15 N–H and O–H groups in total. The van der Waals surface area contributed by atoms with E-state index in [2.05, 4.69) is 11.4 Å². The maximum absolute atomic E-state index is 12.2. The molecule has 0 amide bonds. The number of aliphatic hydroxyl groups excluding tert-OH is 15. The first-order valence-electron chi connectivity index (χ1n) is 11.1. The SMILES string of the molecule is O=C([O][Al]([O]C(=O)[C@H](O)[C@@H](O)[C@@H](O)[C@H](O)CO)[O]C(=O)[C@H](O)[C@@H](O)[C@@H](O)[C@H](O)CO)[C@H](O)[C@@H](O)[C@@H](O)[C@H](O)CO. The normalized spacial score (nSPS) is 20.8. The molecule has 12 atom stereocenters. The predicted molar refractivity (Wildman–Crippen MR) is 117 cm³/mol. The second kappa shape index (κ2) is 18.0. The molecule has 0 aromatic carbocycles. The molecule has 0 saturated heterocycles. The molecule has 0 bridgehead atoms. The zero-order valence-electron chi connectivity index (χ0n) is 20.3. The van der Waals surface area contributed by atoms with Crippen molar-refractivity contribution in [3.63, 3.8) is 0 Å². The molecule has 0 saturated carbocycles. The lowest BCUT2D eigenvalue weighted by Gasteiger charge is -2.27. The van der Waals surface area contributed by atoms with Crippen molar-refractivity contribution in [1.29, 1.82) is 0 Å². The van der Waals surface area contributed by atoms with Gasteiger partial charge in [-0.25, -0.2) is 0 Å². The Balaban J connectivity index is 5.86. The molecule has 22 heteroatoms. The summed E-state index contributed by atoms with van der Waals surface area (Å²) in [4.78, 5) is 36.6. The van der Waals surface area contributed by atoms with Gasteiger partial charge in [0, 0.05) is 0 Å². The Morgan fingerprint density at radius 2 is 0.625 bits per heavy atom. The smallest absolute Gasteiger partial charge is 0.549 e. The number of hydrogen-bond acceptors (Lipinski definition) is 21. The molecule has 0 radical (unpaired) electrons. The molecule has 40 heavy (non-hydrogen) atoms. The number of carbonyl (C=O) groups excluding carboxylic acids is 3. The highest BCUT2D eigenvalue weighted by molar-refractivity contribution is 6.44. The first-order valence-corrected chi connectivity index (χ1v) is 12.5. The second-order valence-electron chi connectivity index (χ2n) is 8.13. The summed E-state index contributed by atoms with van der Waals surface area (Å²) in [6.07, 6.45) is -29.5. The van der Waals surface area contributed by atoms with E-state index in [1.165, 1.54) is 0 Å². The third kappa shape index (κ3) is 11.0. The molecule has 0 unspecified atom stereocenters. The van der Waals surface area contributed by atoms with Crippen LogP contribution in [0.2, 0.25) is 0 Å². The summed E-state index contributed by atoms with van der Waals surface area (Å²) < 4.78 is 13.2. The van der Waals surface area contributed by atoms with Crippen molar-refractivity contribution in [2.24, 2.45) is 0 Å². The van der Waals surface area contributed by atoms with Gasteiger partial charge in [0.2, 0.25) is 0 Å². The summed E-state index contributed by atoms with van der Waals surface area (Å²) in [5.74, 6) is -6.15. The summed E-state index contributed by atoms with van der Waals surface area (Å²) in [7, 11) is 0. The minimum atomic E-state index is -4.83. The third-order valence-electron chi connectivity index (χ3n) is 5.13. The second-order valence-corrected chi connectivity index (χ2v) is 9.41. The van der Waals surface area contributed by atoms with E-state index in [0.717, 1.165) is 0 Å². The van der Waals surface area contributed by atoms with Gasteiger partial charge in [0.05, 0.1) is 19.8 Å². The Kier molecular flexibility index (Phi) is 17.3. The summed E-state index contributed by atoms with van der Waals surface area (Å²) >= 11 is -4.83. The van der Waals surface area contributed by atoms with Crippen LogP contribution in [0.1, 0.15) is 0 Å². The van der Waals surface area contributed by atoms with Crippen molar-refractivity contribution in [2.45, 2.75) is 73.2 Å². The third-order valence-corrected chi connectivity index (χ3v) is 6.40. The van der Waals surface area contributed by atoms with Gasteiger partial charge in [0.1, 0.15) is 54.9 Å². The maximum Gasteiger partial charge on any atom is 1.20 e. The van der Waals surface area contributed by atoms with Crippen LogP contribution in [0.3, 0.4) is 0 Å². The van der Waals surface area contributed by atoms with Gasteiger partial charge in [-0.15, -0.1) is 0 Å². The van der Waals surface area contributed by atoms with Crippen LogP contribution in [-0.2, 0) is 25.7 Å². The molecule has 0 aliphatic rings. The quantitative estimate of drug-likeness (QED) is 0.0638. The van der Waals surface area contributed by atoms with Gasteiger partial charge in [-0.1, -0.05) is 0 Å². The fraction of sp³-hybridized carbons (Fsp3) is 0.833. The molecule has 0 rings (SSSR count). The molecule has 0 aromatic heterocycles. The Labute approximate surface area is 228 Å². The van der Waals surface area contributed by atoms with Crippen molar-refractivity contribution in [3.8, 4) is 0 Å². The predicted octanol–water partition coefficient (Wildman–Crippen LogP) is -11.1. The van der Waals surface area contributed by atoms with E-state index in [1.807, 2.05) is 0 Å². The van der Waals surface area contributed by atoms with Crippen LogP contribution < -0.4 is 0 Å². The number of carbonyl (C=O) groups is 3. The lowest BCUT2D eigenvalue weighted by molar-refractivity contribution is -0.175. The van der Waals surface area contributed by atoms with E-state index in [4.69, 9.17) is 15.3 Å². The monoisotopic (exact) mass is 612 g/mol.